The molecule has 0 unspecified atom stereocenters. The fourth-order valence-corrected chi connectivity index (χ4v) is 3.13. The van der Waals surface area contributed by atoms with E-state index in [0.717, 1.165) is 35.1 Å². The van der Waals surface area contributed by atoms with E-state index in [9.17, 15) is 4.39 Å². The fourth-order valence-electron chi connectivity index (χ4n) is 2.97. The minimum Gasteiger partial charge on any atom is -0.340 e. The molecule has 0 saturated carbocycles. The first kappa shape index (κ1) is 15.1. The summed E-state index contributed by atoms with van der Waals surface area (Å²) in [6.45, 7) is 3.32. The molecule has 2 aromatic carbocycles. The van der Waals surface area contributed by atoms with E-state index in [0.29, 0.717) is 6.54 Å². The average molecular weight is 317 g/mol. The quantitative estimate of drug-likeness (QED) is 0.764. The van der Waals surface area contributed by atoms with Crippen LogP contribution in [0.2, 0.25) is 5.02 Å². The van der Waals surface area contributed by atoms with E-state index in [-0.39, 0.29) is 10.8 Å². The van der Waals surface area contributed by atoms with Crippen LogP contribution < -0.4 is 5.73 Å². The lowest BCUT2D eigenvalue weighted by Crippen LogP contribution is -2.05. The van der Waals surface area contributed by atoms with Gasteiger partial charge in [0.15, 0.2) is 0 Å². The number of fused-ring (bicyclic) bond motifs is 1. The summed E-state index contributed by atoms with van der Waals surface area (Å²) in [4.78, 5) is 0. The van der Waals surface area contributed by atoms with Gasteiger partial charge in [0.2, 0.25) is 0 Å². The summed E-state index contributed by atoms with van der Waals surface area (Å²) in [5.41, 5.74) is 10.1. The number of hydrogen-bond donors (Lipinski definition) is 1. The van der Waals surface area contributed by atoms with Crippen LogP contribution in [0.15, 0.2) is 42.5 Å². The Morgan fingerprint density at radius 2 is 1.91 bits per heavy atom. The van der Waals surface area contributed by atoms with Crippen molar-refractivity contribution in [1.29, 1.82) is 0 Å². The minimum atomic E-state index is -0.385. The lowest BCUT2D eigenvalue weighted by atomic mass is 10.1. The number of nitrogens with two attached hydrogens (primary N) is 1. The minimum absolute atomic E-state index is 0.151. The summed E-state index contributed by atoms with van der Waals surface area (Å²) in [6, 6.07) is 13.4. The van der Waals surface area contributed by atoms with Crippen LogP contribution in [0.4, 0.5) is 4.39 Å². The molecule has 4 heteroatoms. The zero-order valence-corrected chi connectivity index (χ0v) is 13.2. The molecular weight excluding hydrogens is 299 g/mol. The number of nitrogens with zero attached hydrogens (tertiary/aromatic N) is 1. The third-order valence-electron chi connectivity index (χ3n) is 4.07. The highest BCUT2D eigenvalue weighted by atomic mass is 35.5. The van der Waals surface area contributed by atoms with E-state index in [2.05, 4.69) is 23.6 Å². The molecule has 0 fully saturated rings. The third-order valence-corrected chi connectivity index (χ3v) is 4.36. The van der Waals surface area contributed by atoms with Crippen molar-refractivity contribution in [3.05, 3.63) is 70.1 Å². The Hall–Kier alpha value is -1.84. The maximum atomic E-state index is 13.9. The Labute approximate surface area is 134 Å². The maximum Gasteiger partial charge on any atom is 0.142 e. The predicted octanol–water partition coefficient (Wildman–Crippen LogP) is 4.29. The highest BCUT2D eigenvalue weighted by Gasteiger charge is 2.16. The van der Waals surface area contributed by atoms with Crippen molar-refractivity contribution >= 4 is 22.5 Å². The highest BCUT2D eigenvalue weighted by molar-refractivity contribution is 6.31. The Morgan fingerprint density at radius 1 is 1.18 bits per heavy atom. The first-order valence-electron chi connectivity index (χ1n) is 7.32. The molecule has 2 N–H and O–H groups in total. The van der Waals surface area contributed by atoms with Crippen molar-refractivity contribution in [2.24, 2.45) is 5.73 Å². The van der Waals surface area contributed by atoms with Crippen LogP contribution in [0.3, 0.4) is 0 Å². The summed E-state index contributed by atoms with van der Waals surface area (Å²) in [5, 5.41) is 1.05. The van der Waals surface area contributed by atoms with Crippen LogP contribution in [0, 0.1) is 12.7 Å². The van der Waals surface area contributed by atoms with Crippen molar-refractivity contribution in [3.63, 3.8) is 0 Å². The number of rotatable bonds is 4. The van der Waals surface area contributed by atoms with Gasteiger partial charge in [-0.2, -0.15) is 0 Å². The van der Waals surface area contributed by atoms with Gasteiger partial charge in [0, 0.05) is 17.6 Å². The van der Waals surface area contributed by atoms with Gasteiger partial charge in [-0.1, -0.05) is 41.9 Å². The van der Waals surface area contributed by atoms with Gasteiger partial charge in [-0.3, -0.25) is 0 Å². The fraction of sp³-hybridized carbons (Fsp3) is 0.222. The zero-order chi connectivity index (χ0) is 15.7. The number of benzene rings is 2. The van der Waals surface area contributed by atoms with Crippen molar-refractivity contribution < 1.29 is 4.39 Å². The maximum absolute atomic E-state index is 13.9. The van der Waals surface area contributed by atoms with Crippen molar-refractivity contribution in [2.45, 2.75) is 19.9 Å². The lowest BCUT2D eigenvalue weighted by Gasteiger charge is -2.09. The number of halogens is 2. The van der Waals surface area contributed by atoms with E-state index in [1.807, 2.05) is 18.2 Å². The normalized spacial score (nSPS) is 11.3. The van der Waals surface area contributed by atoms with Gasteiger partial charge in [-0.05, 0) is 43.1 Å². The van der Waals surface area contributed by atoms with Gasteiger partial charge >= 0.3 is 0 Å². The zero-order valence-electron chi connectivity index (χ0n) is 12.4. The van der Waals surface area contributed by atoms with Crippen molar-refractivity contribution in [3.8, 4) is 0 Å². The molecule has 3 aromatic rings. The first-order chi connectivity index (χ1) is 10.6. The Kier molecular flexibility index (Phi) is 4.19. The highest BCUT2D eigenvalue weighted by Crippen LogP contribution is 2.31. The molecule has 0 atom stereocenters. The van der Waals surface area contributed by atoms with Crippen LogP contribution >= 0.6 is 11.6 Å². The summed E-state index contributed by atoms with van der Waals surface area (Å²) in [6.07, 6.45) is 0.727. The van der Waals surface area contributed by atoms with Crippen LogP contribution in [-0.4, -0.2) is 11.1 Å². The molecule has 114 valence electrons. The van der Waals surface area contributed by atoms with Crippen LogP contribution in [0.25, 0.3) is 10.9 Å². The van der Waals surface area contributed by atoms with Gasteiger partial charge in [0.25, 0.3) is 0 Å². The SMILES string of the molecule is Cc1c(CCN)c2cc(F)c(Cl)cc2n1Cc1ccccc1. The van der Waals surface area contributed by atoms with Crippen molar-refractivity contribution in [1.82, 2.24) is 4.57 Å². The lowest BCUT2D eigenvalue weighted by molar-refractivity contribution is 0.630. The van der Waals surface area contributed by atoms with Gasteiger partial charge in [-0.15, -0.1) is 0 Å². The van der Waals surface area contributed by atoms with E-state index < -0.39 is 0 Å². The largest absolute Gasteiger partial charge is 0.340 e. The summed E-state index contributed by atoms with van der Waals surface area (Å²) < 4.78 is 16.0. The molecule has 0 bridgehead atoms. The molecular formula is C18H18ClFN2. The predicted molar refractivity (Wildman–Crippen MR) is 89.9 cm³/mol. The summed E-state index contributed by atoms with van der Waals surface area (Å²) in [7, 11) is 0. The summed E-state index contributed by atoms with van der Waals surface area (Å²) in [5.74, 6) is -0.385. The molecule has 0 aliphatic rings. The Balaban J connectivity index is 2.20. The van der Waals surface area contributed by atoms with Crippen LogP contribution in [0.1, 0.15) is 16.8 Å². The van der Waals surface area contributed by atoms with Crippen molar-refractivity contribution in [2.75, 3.05) is 6.54 Å². The molecule has 1 aromatic heterocycles. The second-order valence-corrected chi connectivity index (χ2v) is 5.87. The van der Waals surface area contributed by atoms with E-state index in [1.165, 1.54) is 11.6 Å². The standard InChI is InChI=1S/C18H18ClFN2/c1-12-14(7-8-21)15-9-17(20)16(19)10-18(15)22(12)11-13-5-3-2-4-6-13/h2-6,9-10H,7-8,11,21H2,1H3. The van der Waals surface area contributed by atoms with Crippen LogP contribution in [0.5, 0.6) is 0 Å². The average Bonchev–Trinajstić information content (AvgIpc) is 2.75. The topological polar surface area (TPSA) is 30.9 Å². The Bertz CT molecular complexity index is 809. The van der Waals surface area contributed by atoms with Gasteiger partial charge in [-0.25, -0.2) is 4.39 Å². The Morgan fingerprint density at radius 3 is 2.59 bits per heavy atom. The monoisotopic (exact) mass is 316 g/mol. The van der Waals surface area contributed by atoms with E-state index >= 15 is 0 Å². The molecule has 0 aliphatic carbocycles. The molecule has 3 rings (SSSR count). The second-order valence-electron chi connectivity index (χ2n) is 5.46. The van der Waals surface area contributed by atoms with Gasteiger partial charge in [0.05, 0.1) is 10.5 Å². The molecule has 0 aliphatic heterocycles. The van der Waals surface area contributed by atoms with Gasteiger partial charge in [0.1, 0.15) is 5.82 Å². The third kappa shape index (κ3) is 2.62. The van der Waals surface area contributed by atoms with Gasteiger partial charge < -0.3 is 10.3 Å². The second kappa shape index (κ2) is 6.11. The first-order valence-corrected chi connectivity index (χ1v) is 7.70. The molecule has 0 amide bonds. The molecule has 22 heavy (non-hydrogen) atoms. The molecule has 0 radical (unpaired) electrons. The summed E-state index contributed by atoms with van der Waals surface area (Å²) >= 11 is 5.99. The molecule has 0 spiro atoms. The molecule has 2 nitrogen and oxygen atoms in total. The number of aromatic nitrogens is 1. The van der Waals surface area contributed by atoms with Crippen LogP contribution in [-0.2, 0) is 13.0 Å². The molecule has 0 saturated heterocycles. The smallest absolute Gasteiger partial charge is 0.142 e. The van der Waals surface area contributed by atoms with E-state index in [1.54, 1.807) is 6.07 Å². The number of hydrogen-bond acceptors (Lipinski definition) is 1. The molecule has 1 heterocycles. The van der Waals surface area contributed by atoms with E-state index in [4.69, 9.17) is 17.3 Å².